The molecule has 4 N–H and O–H groups in total. The third-order valence-electron chi connectivity index (χ3n) is 2.82. The molecule has 1 saturated heterocycles. The first-order valence-electron chi connectivity index (χ1n) is 5.15. The van der Waals surface area contributed by atoms with Gasteiger partial charge in [-0.05, 0) is 24.6 Å². The Bertz CT molecular complexity index is 350. The Balaban J connectivity index is 2.27. The average molecular weight is 208 g/mol. The van der Waals surface area contributed by atoms with E-state index in [1.807, 2.05) is 12.1 Å². The van der Waals surface area contributed by atoms with Crippen molar-refractivity contribution in [2.75, 3.05) is 30.3 Å². The van der Waals surface area contributed by atoms with Gasteiger partial charge in [0.15, 0.2) is 0 Å². The molecule has 1 aromatic carbocycles. The summed E-state index contributed by atoms with van der Waals surface area (Å²) in [4.78, 5) is 2.22. The molecule has 4 nitrogen and oxygen atoms in total. The van der Waals surface area contributed by atoms with Crippen molar-refractivity contribution >= 4 is 11.4 Å². The van der Waals surface area contributed by atoms with Crippen LogP contribution < -0.4 is 10.6 Å². The van der Waals surface area contributed by atoms with Crippen LogP contribution in [0, 0.1) is 0 Å². The molecule has 2 rings (SSSR count). The van der Waals surface area contributed by atoms with Crippen LogP contribution >= 0.6 is 0 Å². The molecule has 1 atom stereocenters. The molecule has 0 aromatic heterocycles. The zero-order valence-corrected chi connectivity index (χ0v) is 8.56. The van der Waals surface area contributed by atoms with E-state index in [0.717, 1.165) is 18.8 Å². The molecular formula is C11H16N2O2. The first-order valence-corrected chi connectivity index (χ1v) is 5.15. The molecule has 1 aliphatic heterocycles. The molecule has 0 amide bonds. The molecule has 1 aromatic rings. The quantitative estimate of drug-likeness (QED) is 0.633. The third-order valence-corrected chi connectivity index (χ3v) is 2.82. The lowest BCUT2D eigenvalue weighted by molar-refractivity contribution is 0.0962. The first kappa shape index (κ1) is 10.3. The standard InChI is InChI=1S/C11H16N2O2/c12-10-3-2-8(13-4-1-5-13)6-9(10)11(15)7-14/h2-3,6,11,14-15H,1,4-5,7,12H2. The van der Waals surface area contributed by atoms with Crippen molar-refractivity contribution in [3.05, 3.63) is 23.8 Å². The van der Waals surface area contributed by atoms with E-state index < -0.39 is 6.10 Å². The van der Waals surface area contributed by atoms with Crippen molar-refractivity contribution in [2.45, 2.75) is 12.5 Å². The van der Waals surface area contributed by atoms with Gasteiger partial charge in [0.2, 0.25) is 0 Å². The van der Waals surface area contributed by atoms with Crippen LogP contribution in [0.2, 0.25) is 0 Å². The molecule has 15 heavy (non-hydrogen) atoms. The highest BCUT2D eigenvalue weighted by molar-refractivity contribution is 5.60. The van der Waals surface area contributed by atoms with Crippen molar-refractivity contribution in [3.8, 4) is 0 Å². The monoisotopic (exact) mass is 208 g/mol. The summed E-state index contributed by atoms with van der Waals surface area (Å²) in [5.74, 6) is 0. The van der Waals surface area contributed by atoms with E-state index in [0.29, 0.717) is 11.3 Å². The zero-order valence-electron chi connectivity index (χ0n) is 8.56. The normalized spacial score (nSPS) is 17.3. The number of nitrogen functional groups attached to an aromatic ring is 1. The van der Waals surface area contributed by atoms with Crippen LogP contribution in [0.4, 0.5) is 11.4 Å². The minimum absolute atomic E-state index is 0.298. The van der Waals surface area contributed by atoms with Crippen LogP contribution in [0.3, 0.4) is 0 Å². The van der Waals surface area contributed by atoms with Gasteiger partial charge in [0.25, 0.3) is 0 Å². The van der Waals surface area contributed by atoms with Gasteiger partial charge in [0.05, 0.1) is 6.61 Å². The van der Waals surface area contributed by atoms with Crippen molar-refractivity contribution in [1.82, 2.24) is 0 Å². The highest BCUT2D eigenvalue weighted by Crippen LogP contribution is 2.28. The fraction of sp³-hybridized carbons (Fsp3) is 0.455. The van der Waals surface area contributed by atoms with Crippen LogP contribution in [0.5, 0.6) is 0 Å². The van der Waals surface area contributed by atoms with E-state index in [1.165, 1.54) is 6.42 Å². The second-order valence-electron chi connectivity index (χ2n) is 3.85. The Hall–Kier alpha value is -1.26. The van der Waals surface area contributed by atoms with Gasteiger partial charge < -0.3 is 20.8 Å². The maximum Gasteiger partial charge on any atom is 0.104 e. The van der Waals surface area contributed by atoms with Gasteiger partial charge in [-0.15, -0.1) is 0 Å². The molecular weight excluding hydrogens is 192 g/mol. The lowest BCUT2D eigenvalue weighted by Gasteiger charge is -2.33. The van der Waals surface area contributed by atoms with E-state index in [1.54, 1.807) is 6.07 Å². The Morgan fingerprint density at radius 2 is 2.13 bits per heavy atom. The number of nitrogens with zero attached hydrogens (tertiary/aromatic N) is 1. The Kier molecular flexibility index (Phi) is 2.79. The first-order chi connectivity index (χ1) is 7.22. The number of hydrogen-bond acceptors (Lipinski definition) is 4. The summed E-state index contributed by atoms with van der Waals surface area (Å²) >= 11 is 0. The maximum absolute atomic E-state index is 9.56. The van der Waals surface area contributed by atoms with E-state index in [2.05, 4.69) is 4.90 Å². The predicted octanol–water partition coefficient (Wildman–Crippen LogP) is 0.505. The molecule has 0 bridgehead atoms. The number of aliphatic hydroxyl groups excluding tert-OH is 2. The van der Waals surface area contributed by atoms with Crippen molar-refractivity contribution in [3.63, 3.8) is 0 Å². The minimum Gasteiger partial charge on any atom is -0.398 e. The molecule has 1 unspecified atom stereocenters. The number of aliphatic hydroxyl groups is 2. The zero-order chi connectivity index (χ0) is 10.8. The molecule has 1 fully saturated rings. The van der Waals surface area contributed by atoms with Gasteiger partial charge in [-0.2, -0.15) is 0 Å². The summed E-state index contributed by atoms with van der Waals surface area (Å²) in [7, 11) is 0. The number of rotatable bonds is 3. The van der Waals surface area contributed by atoms with Crippen LogP contribution in [0.1, 0.15) is 18.1 Å². The second-order valence-corrected chi connectivity index (χ2v) is 3.85. The number of nitrogens with two attached hydrogens (primary N) is 1. The topological polar surface area (TPSA) is 69.7 Å². The smallest absolute Gasteiger partial charge is 0.104 e. The number of benzene rings is 1. The number of anilines is 2. The fourth-order valence-corrected chi connectivity index (χ4v) is 1.72. The van der Waals surface area contributed by atoms with E-state index in [-0.39, 0.29) is 6.61 Å². The van der Waals surface area contributed by atoms with Crippen LogP contribution in [-0.4, -0.2) is 29.9 Å². The molecule has 0 aliphatic carbocycles. The van der Waals surface area contributed by atoms with Gasteiger partial charge >= 0.3 is 0 Å². The van der Waals surface area contributed by atoms with Crippen LogP contribution in [0.15, 0.2) is 18.2 Å². The molecule has 0 spiro atoms. The van der Waals surface area contributed by atoms with Crippen molar-refractivity contribution < 1.29 is 10.2 Å². The third kappa shape index (κ3) is 1.91. The van der Waals surface area contributed by atoms with Crippen molar-refractivity contribution in [1.29, 1.82) is 0 Å². The van der Waals surface area contributed by atoms with E-state index >= 15 is 0 Å². The molecule has 0 radical (unpaired) electrons. The maximum atomic E-state index is 9.56. The largest absolute Gasteiger partial charge is 0.398 e. The molecule has 1 aliphatic rings. The summed E-state index contributed by atoms with van der Waals surface area (Å²) in [5.41, 5.74) is 7.94. The van der Waals surface area contributed by atoms with Gasteiger partial charge in [-0.25, -0.2) is 0 Å². The Labute approximate surface area is 88.9 Å². The van der Waals surface area contributed by atoms with E-state index in [9.17, 15) is 5.11 Å². The molecule has 82 valence electrons. The minimum atomic E-state index is -0.883. The lowest BCUT2D eigenvalue weighted by atomic mass is 10.0. The van der Waals surface area contributed by atoms with Crippen LogP contribution in [-0.2, 0) is 0 Å². The summed E-state index contributed by atoms with van der Waals surface area (Å²) < 4.78 is 0. The highest BCUT2D eigenvalue weighted by Gasteiger charge is 2.17. The predicted molar refractivity (Wildman–Crippen MR) is 59.7 cm³/mol. The summed E-state index contributed by atoms with van der Waals surface area (Å²) in [6.07, 6.45) is 0.327. The molecule has 1 heterocycles. The lowest BCUT2D eigenvalue weighted by Crippen LogP contribution is -2.37. The number of hydrogen-bond donors (Lipinski definition) is 3. The van der Waals surface area contributed by atoms with Gasteiger partial charge in [0.1, 0.15) is 6.10 Å². The van der Waals surface area contributed by atoms with Gasteiger partial charge in [-0.3, -0.25) is 0 Å². The Morgan fingerprint density at radius 3 is 2.67 bits per heavy atom. The fourth-order valence-electron chi connectivity index (χ4n) is 1.72. The average Bonchev–Trinajstić information content (AvgIpc) is 2.17. The van der Waals surface area contributed by atoms with Gasteiger partial charge in [0, 0.05) is 30.0 Å². The van der Waals surface area contributed by atoms with Gasteiger partial charge in [-0.1, -0.05) is 0 Å². The molecule has 0 saturated carbocycles. The second kappa shape index (κ2) is 4.08. The van der Waals surface area contributed by atoms with Crippen LogP contribution in [0.25, 0.3) is 0 Å². The summed E-state index contributed by atoms with van der Waals surface area (Å²) in [5, 5.41) is 18.5. The summed E-state index contributed by atoms with van der Waals surface area (Å²) in [6.45, 7) is 1.81. The Morgan fingerprint density at radius 1 is 1.40 bits per heavy atom. The molecule has 4 heteroatoms. The highest BCUT2D eigenvalue weighted by atomic mass is 16.3. The van der Waals surface area contributed by atoms with Crippen molar-refractivity contribution in [2.24, 2.45) is 0 Å². The van der Waals surface area contributed by atoms with E-state index in [4.69, 9.17) is 10.8 Å². The SMILES string of the molecule is Nc1ccc(N2CCC2)cc1C(O)CO. The summed E-state index contributed by atoms with van der Waals surface area (Å²) in [6, 6.07) is 5.58.